The van der Waals surface area contributed by atoms with Gasteiger partial charge in [-0.1, -0.05) is 61.9 Å². The Labute approximate surface area is 201 Å². The number of amides is 1. The van der Waals surface area contributed by atoms with Crippen LogP contribution in [0.15, 0.2) is 66.7 Å². The summed E-state index contributed by atoms with van der Waals surface area (Å²) in [6.07, 6.45) is 0.784. The number of carboxylic acid groups (broad SMARTS) is 1. The third-order valence-corrected chi connectivity index (χ3v) is 5.98. The second kappa shape index (κ2) is 9.38. The van der Waals surface area contributed by atoms with Crippen LogP contribution in [0, 0.1) is 0 Å². The van der Waals surface area contributed by atoms with Crippen molar-refractivity contribution in [2.75, 3.05) is 4.90 Å². The zero-order valence-electron chi connectivity index (χ0n) is 19.0. The van der Waals surface area contributed by atoms with E-state index in [1.807, 2.05) is 55.5 Å². The second-order valence-electron chi connectivity index (χ2n) is 8.29. The third-order valence-electron chi connectivity index (χ3n) is 5.98. The molecule has 1 aliphatic heterocycles. The number of aromatic amines is 1. The maximum atomic E-state index is 13.3. The molecule has 9 heteroatoms. The van der Waals surface area contributed by atoms with Gasteiger partial charge < -0.3 is 14.7 Å². The fraction of sp³-hybridized carbons (Fsp3) is 0.192. The van der Waals surface area contributed by atoms with Crippen LogP contribution in [0.1, 0.15) is 35.7 Å². The van der Waals surface area contributed by atoms with Crippen molar-refractivity contribution in [3.05, 3.63) is 77.9 Å². The van der Waals surface area contributed by atoms with E-state index >= 15 is 0 Å². The molecule has 1 atom stereocenters. The van der Waals surface area contributed by atoms with Crippen LogP contribution in [-0.2, 0) is 11.3 Å². The molecule has 9 nitrogen and oxygen atoms in total. The molecule has 1 unspecified atom stereocenters. The molecule has 0 fully saturated rings. The van der Waals surface area contributed by atoms with E-state index in [1.165, 1.54) is 12.1 Å². The number of carboxylic acids is 1. The van der Waals surface area contributed by atoms with Crippen LogP contribution in [0.3, 0.4) is 0 Å². The van der Waals surface area contributed by atoms with Crippen molar-refractivity contribution in [1.29, 1.82) is 0 Å². The molecule has 2 heterocycles. The standard InChI is InChI=1S/C26H23N5O4/c1-2-5-23-25(32)31(21-14-18(26(33)34)12-13-22(21)35-23)15-16-8-10-17(11-9-16)19-6-3-4-7-20(19)24-27-29-30-28-24/h3-4,6-14,23H,2,5,15H2,1H3,(H,33,34)(H,27,28,29,30). The van der Waals surface area contributed by atoms with E-state index < -0.39 is 12.1 Å². The van der Waals surface area contributed by atoms with Gasteiger partial charge in [-0.25, -0.2) is 4.79 Å². The van der Waals surface area contributed by atoms with E-state index in [2.05, 4.69) is 20.6 Å². The number of anilines is 1. The van der Waals surface area contributed by atoms with Crippen molar-refractivity contribution in [3.63, 3.8) is 0 Å². The molecule has 2 N–H and O–H groups in total. The fourth-order valence-corrected chi connectivity index (χ4v) is 4.24. The Morgan fingerprint density at radius 1 is 1.09 bits per heavy atom. The third kappa shape index (κ3) is 4.35. The molecule has 1 aliphatic rings. The number of H-pyrrole nitrogens is 1. The monoisotopic (exact) mass is 469 g/mol. The number of nitrogens with zero attached hydrogens (tertiary/aromatic N) is 4. The van der Waals surface area contributed by atoms with Crippen molar-refractivity contribution >= 4 is 17.6 Å². The van der Waals surface area contributed by atoms with Gasteiger partial charge in [0.1, 0.15) is 5.75 Å². The molecule has 0 saturated heterocycles. The largest absolute Gasteiger partial charge is 0.478 e. The molecule has 0 aliphatic carbocycles. The zero-order valence-corrected chi connectivity index (χ0v) is 19.0. The number of carbonyl (C=O) groups is 2. The molecule has 0 spiro atoms. The Morgan fingerprint density at radius 3 is 2.54 bits per heavy atom. The molecular formula is C26H23N5O4. The number of benzene rings is 3. The lowest BCUT2D eigenvalue weighted by Crippen LogP contribution is -2.45. The average molecular weight is 470 g/mol. The normalized spacial score (nSPS) is 14.9. The van der Waals surface area contributed by atoms with Crippen molar-refractivity contribution in [1.82, 2.24) is 20.6 Å². The first-order chi connectivity index (χ1) is 17.0. The van der Waals surface area contributed by atoms with Crippen LogP contribution in [0.5, 0.6) is 5.75 Å². The minimum Gasteiger partial charge on any atom is -0.478 e. The molecule has 1 amide bonds. The van der Waals surface area contributed by atoms with Crippen LogP contribution < -0.4 is 9.64 Å². The van der Waals surface area contributed by atoms with Gasteiger partial charge in [0.2, 0.25) is 5.82 Å². The average Bonchev–Trinajstić information content (AvgIpc) is 3.42. The van der Waals surface area contributed by atoms with Crippen molar-refractivity contribution in [3.8, 4) is 28.3 Å². The van der Waals surface area contributed by atoms with Crippen molar-refractivity contribution < 1.29 is 19.4 Å². The van der Waals surface area contributed by atoms with E-state index in [4.69, 9.17) is 4.74 Å². The lowest BCUT2D eigenvalue weighted by atomic mass is 9.98. The van der Waals surface area contributed by atoms with Gasteiger partial charge in [0.15, 0.2) is 6.10 Å². The Morgan fingerprint density at radius 2 is 1.86 bits per heavy atom. The predicted octanol–water partition coefficient (Wildman–Crippen LogP) is 4.33. The highest BCUT2D eigenvalue weighted by molar-refractivity contribution is 6.01. The molecule has 0 saturated carbocycles. The number of fused-ring (bicyclic) bond motifs is 1. The van der Waals surface area contributed by atoms with E-state index in [1.54, 1.807) is 11.0 Å². The highest BCUT2D eigenvalue weighted by Crippen LogP contribution is 2.37. The summed E-state index contributed by atoms with van der Waals surface area (Å²) in [5.41, 5.74) is 4.27. The first-order valence-corrected chi connectivity index (χ1v) is 11.3. The van der Waals surface area contributed by atoms with Crippen LogP contribution in [0.4, 0.5) is 5.69 Å². The molecular weight excluding hydrogens is 446 g/mol. The number of carbonyl (C=O) groups excluding carboxylic acids is 1. The lowest BCUT2D eigenvalue weighted by molar-refractivity contribution is -0.126. The van der Waals surface area contributed by atoms with Crippen LogP contribution >= 0.6 is 0 Å². The topological polar surface area (TPSA) is 121 Å². The van der Waals surface area contributed by atoms with Crippen LogP contribution in [0.25, 0.3) is 22.5 Å². The lowest BCUT2D eigenvalue weighted by Gasteiger charge is -2.34. The quantitative estimate of drug-likeness (QED) is 0.413. The molecule has 0 radical (unpaired) electrons. The maximum Gasteiger partial charge on any atom is 0.335 e. The molecule has 0 bridgehead atoms. The maximum absolute atomic E-state index is 13.3. The summed E-state index contributed by atoms with van der Waals surface area (Å²) < 4.78 is 5.91. The number of tetrazole rings is 1. The summed E-state index contributed by atoms with van der Waals surface area (Å²) in [5, 5.41) is 23.8. The van der Waals surface area contributed by atoms with Gasteiger partial charge in [0.05, 0.1) is 17.8 Å². The SMILES string of the molecule is CCCC1Oc2ccc(C(=O)O)cc2N(Cc2ccc(-c3ccccc3-c3nn[nH]n3)cc2)C1=O. The van der Waals surface area contributed by atoms with Crippen LogP contribution in [-0.4, -0.2) is 43.7 Å². The second-order valence-corrected chi connectivity index (χ2v) is 8.29. The van der Waals surface area contributed by atoms with Gasteiger partial charge in [-0.05, 0) is 46.5 Å². The Balaban J connectivity index is 1.46. The zero-order chi connectivity index (χ0) is 24.4. The van der Waals surface area contributed by atoms with Gasteiger partial charge in [0.25, 0.3) is 5.91 Å². The van der Waals surface area contributed by atoms with Gasteiger partial charge in [0, 0.05) is 5.56 Å². The highest BCUT2D eigenvalue weighted by Gasteiger charge is 2.34. The fourth-order valence-electron chi connectivity index (χ4n) is 4.24. The van der Waals surface area contributed by atoms with Gasteiger partial charge in [-0.3, -0.25) is 4.79 Å². The predicted molar refractivity (Wildman–Crippen MR) is 129 cm³/mol. The molecule has 35 heavy (non-hydrogen) atoms. The van der Waals surface area contributed by atoms with E-state index in [-0.39, 0.29) is 11.5 Å². The molecule has 5 rings (SSSR count). The van der Waals surface area contributed by atoms with Crippen LogP contribution in [0.2, 0.25) is 0 Å². The summed E-state index contributed by atoms with van der Waals surface area (Å²) in [5.74, 6) is -0.205. The summed E-state index contributed by atoms with van der Waals surface area (Å²) in [4.78, 5) is 26.4. The van der Waals surface area contributed by atoms with Crippen molar-refractivity contribution in [2.45, 2.75) is 32.4 Å². The number of hydrogen-bond acceptors (Lipinski definition) is 6. The first-order valence-electron chi connectivity index (χ1n) is 11.3. The molecule has 1 aromatic heterocycles. The van der Waals surface area contributed by atoms with Gasteiger partial charge >= 0.3 is 5.97 Å². The van der Waals surface area contributed by atoms with Gasteiger partial charge in [-0.15, -0.1) is 10.2 Å². The number of rotatable bonds is 7. The Bertz CT molecular complexity index is 1370. The first kappa shape index (κ1) is 22.3. The Kier molecular flexibility index (Phi) is 5.97. The number of aromatic nitrogens is 4. The number of ether oxygens (including phenoxy) is 1. The molecule has 3 aromatic carbocycles. The molecule has 4 aromatic rings. The Hall–Kier alpha value is -4.53. The highest BCUT2D eigenvalue weighted by atomic mass is 16.5. The minimum absolute atomic E-state index is 0.104. The van der Waals surface area contributed by atoms with E-state index in [0.29, 0.717) is 30.2 Å². The molecule has 176 valence electrons. The summed E-state index contributed by atoms with van der Waals surface area (Å²) in [6.45, 7) is 2.29. The number of nitrogens with one attached hydrogen (secondary N) is 1. The summed E-state index contributed by atoms with van der Waals surface area (Å²) in [6, 6.07) is 20.3. The minimum atomic E-state index is -1.06. The smallest absolute Gasteiger partial charge is 0.335 e. The number of hydrogen-bond donors (Lipinski definition) is 2. The number of aromatic carboxylic acids is 1. The van der Waals surface area contributed by atoms with E-state index in [9.17, 15) is 14.7 Å². The van der Waals surface area contributed by atoms with Crippen molar-refractivity contribution in [2.24, 2.45) is 0 Å². The summed E-state index contributed by atoms with van der Waals surface area (Å²) >= 11 is 0. The van der Waals surface area contributed by atoms with Gasteiger partial charge in [-0.2, -0.15) is 5.21 Å². The van der Waals surface area contributed by atoms with E-state index in [0.717, 1.165) is 28.7 Å². The summed E-state index contributed by atoms with van der Waals surface area (Å²) in [7, 11) is 0.